The van der Waals surface area contributed by atoms with Gasteiger partial charge in [0.05, 0.1) is 36.6 Å². The van der Waals surface area contributed by atoms with E-state index in [4.69, 9.17) is 14.2 Å². The minimum Gasteiger partial charge on any atom is -0.374 e. The van der Waals surface area contributed by atoms with Crippen molar-refractivity contribution in [3.8, 4) is 0 Å². The Bertz CT molecular complexity index is 387. The van der Waals surface area contributed by atoms with Crippen LogP contribution in [0.25, 0.3) is 0 Å². The van der Waals surface area contributed by atoms with Gasteiger partial charge >= 0.3 is 0 Å². The molecule has 3 heterocycles. The number of hydrogen-bond acceptors (Lipinski definition) is 3. The Hall–Kier alpha value is -0.120. The van der Waals surface area contributed by atoms with Crippen LogP contribution in [0.2, 0.25) is 0 Å². The SMILES string of the molecule is C1CCCC(C2CCC3OC3C2)OC(C2CCC3OC3C2)CC1. The fourth-order valence-corrected chi connectivity index (χ4v) is 5.64. The maximum Gasteiger partial charge on any atom is 0.0845 e. The van der Waals surface area contributed by atoms with Gasteiger partial charge in [0.1, 0.15) is 0 Å². The Morgan fingerprint density at radius 1 is 0.391 bits per heavy atom. The first-order chi connectivity index (χ1) is 11.4. The number of fused-ring (bicyclic) bond motifs is 2. The summed E-state index contributed by atoms with van der Waals surface area (Å²) in [6.07, 6.45) is 19.2. The predicted molar refractivity (Wildman–Crippen MR) is 88.4 cm³/mol. The summed E-state index contributed by atoms with van der Waals surface area (Å²) in [5.41, 5.74) is 0. The van der Waals surface area contributed by atoms with Crippen LogP contribution < -0.4 is 0 Å². The zero-order valence-corrected chi connectivity index (χ0v) is 14.3. The molecule has 2 aliphatic carbocycles. The Labute approximate surface area is 140 Å². The molecule has 3 saturated heterocycles. The van der Waals surface area contributed by atoms with Crippen LogP contribution in [-0.2, 0) is 14.2 Å². The van der Waals surface area contributed by atoms with Crippen molar-refractivity contribution in [3.63, 3.8) is 0 Å². The topological polar surface area (TPSA) is 34.3 Å². The molecule has 0 aromatic rings. The monoisotopic (exact) mass is 320 g/mol. The Balaban J connectivity index is 1.26. The third-order valence-corrected chi connectivity index (χ3v) is 7.22. The molecule has 3 heteroatoms. The van der Waals surface area contributed by atoms with Crippen LogP contribution in [0, 0.1) is 11.8 Å². The van der Waals surface area contributed by atoms with Crippen molar-refractivity contribution in [2.45, 2.75) is 114 Å². The van der Waals surface area contributed by atoms with Gasteiger partial charge in [-0.05, 0) is 63.2 Å². The van der Waals surface area contributed by atoms with Crippen LogP contribution in [0.3, 0.4) is 0 Å². The number of epoxide rings is 2. The highest BCUT2D eigenvalue weighted by Gasteiger charge is 2.48. The highest BCUT2D eigenvalue weighted by molar-refractivity contribution is 4.96. The molecule has 0 spiro atoms. The lowest BCUT2D eigenvalue weighted by Crippen LogP contribution is -2.36. The molecule has 8 atom stereocenters. The third kappa shape index (κ3) is 3.34. The lowest BCUT2D eigenvalue weighted by molar-refractivity contribution is -0.0843. The summed E-state index contributed by atoms with van der Waals surface area (Å²) in [4.78, 5) is 0. The summed E-state index contributed by atoms with van der Waals surface area (Å²) in [7, 11) is 0. The minimum absolute atomic E-state index is 0.501. The molecule has 3 nitrogen and oxygen atoms in total. The fraction of sp³-hybridized carbons (Fsp3) is 1.00. The minimum atomic E-state index is 0.501. The van der Waals surface area contributed by atoms with Gasteiger partial charge in [0, 0.05) is 0 Å². The molecule has 8 unspecified atom stereocenters. The van der Waals surface area contributed by atoms with Gasteiger partial charge in [-0.1, -0.05) is 25.7 Å². The van der Waals surface area contributed by atoms with Crippen LogP contribution in [0.1, 0.15) is 77.0 Å². The smallest absolute Gasteiger partial charge is 0.0845 e. The molecule has 23 heavy (non-hydrogen) atoms. The van der Waals surface area contributed by atoms with Crippen LogP contribution in [0.4, 0.5) is 0 Å². The Morgan fingerprint density at radius 2 is 0.870 bits per heavy atom. The van der Waals surface area contributed by atoms with E-state index in [-0.39, 0.29) is 0 Å². The van der Waals surface area contributed by atoms with Crippen molar-refractivity contribution in [2.24, 2.45) is 11.8 Å². The first-order valence-corrected chi connectivity index (χ1v) is 10.3. The average molecular weight is 320 g/mol. The maximum absolute atomic E-state index is 6.87. The standard InChI is InChI=1S/C20H32O3/c1-2-4-6-16(14-8-10-18-20(12-14)23-18)21-15(5-3-1)13-7-9-17-19(11-13)22-17/h13-20H,1-12H2. The van der Waals surface area contributed by atoms with Gasteiger partial charge in [0.2, 0.25) is 0 Å². The summed E-state index contributed by atoms with van der Waals surface area (Å²) in [6.45, 7) is 0. The molecule has 0 N–H and O–H groups in total. The second-order valence-electron chi connectivity index (χ2n) is 8.78. The first-order valence-electron chi connectivity index (χ1n) is 10.3. The summed E-state index contributed by atoms with van der Waals surface area (Å²) < 4.78 is 18.4. The fourth-order valence-electron chi connectivity index (χ4n) is 5.64. The Kier molecular flexibility index (Phi) is 4.16. The van der Waals surface area contributed by atoms with Gasteiger partial charge in [-0.15, -0.1) is 0 Å². The van der Waals surface area contributed by atoms with E-state index >= 15 is 0 Å². The highest BCUT2D eigenvalue weighted by atomic mass is 16.6. The van der Waals surface area contributed by atoms with Crippen LogP contribution in [0.5, 0.6) is 0 Å². The van der Waals surface area contributed by atoms with Crippen LogP contribution in [-0.4, -0.2) is 36.6 Å². The summed E-state index contributed by atoms with van der Waals surface area (Å²) in [5.74, 6) is 1.51. The number of rotatable bonds is 2. The van der Waals surface area contributed by atoms with Gasteiger partial charge in [0.15, 0.2) is 0 Å². The van der Waals surface area contributed by atoms with E-state index in [1.807, 2.05) is 0 Å². The van der Waals surface area contributed by atoms with Gasteiger partial charge in [0.25, 0.3) is 0 Å². The zero-order valence-electron chi connectivity index (χ0n) is 14.3. The van der Waals surface area contributed by atoms with Crippen molar-refractivity contribution in [1.82, 2.24) is 0 Å². The summed E-state index contributed by atoms with van der Waals surface area (Å²) >= 11 is 0. The second kappa shape index (κ2) is 6.31. The second-order valence-corrected chi connectivity index (χ2v) is 8.78. The molecule has 0 aromatic heterocycles. The molecular weight excluding hydrogens is 288 g/mol. The van der Waals surface area contributed by atoms with Crippen LogP contribution in [0.15, 0.2) is 0 Å². The number of hydrogen-bond donors (Lipinski definition) is 0. The Morgan fingerprint density at radius 3 is 1.35 bits per heavy atom. The zero-order chi connectivity index (χ0) is 15.2. The van der Waals surface area contributed by atoms with E-state index < -0.39 is 0 Å². The van der Waals surface area contributed by atoms with Gasteiger partial charge in [-0.25, -0.2) is 0 Å². The number of ether oxygens (including phenoxy) is 3. The molecule has 5 aliphatic rings. The van der Waals surface area contributed by atoms with E-state index in [0.29, 0.717) is 36.6 Å². The van der Waals surface area contributed by atoms with Gasteiger partial charge in [-0.2, -0.15) is 0 Å². The molecule has 3 aliphatic heterocycles. The first kappa shape index (κ1) is 15.2. The molecule has 2 saturated carbocycles. The van der Waals surface area contributed by atoms with Crippen molar-refractivity contribution in [2.75, 3.05) is 0 Å². The summed E-state index contributed by atoms with van der Waals surface area (Å²) in [6, 6.07) is 0. The lowest BCUT2D eigenvalue weighted by atomic mass is 9.82. The molecule has 130 valence electrons. The van der Waals surface area contributed by atoms with E-state index in [2.05, 4.69) is 0 Å². The maximum atomic E-state index is 6.87. The largest absolute Gasteiger partial charge is 0.374 e. The molecule has 0 bridgehead atoms. The average Bonchev–Trinajstić information content (AvgIpc) is 3.47. The molecule has 5 rings (SSSR count). The molecule has 0 radical (unpaired) electrons. The van der Waals surface area contributed by atoms with Gasteiger partial charge in [-0.3, -0.25) is 0 Å². The third-order valence-electron chi connectivity index (χ3n) is 7.22. The van der Waals surface area contributed by atoms with Crippen LogP contribution >= 0.6 is 0 Å². The molecular formula is C20H32O3. The van der Waals surface area contributed by atoms with Crippen molar-refractivity contribution >= 4 is 0 Å². The summed E-state index contributed by atoms with van der Waals surface area (Å²) in [5, 5.41) is 0. The van der Waals surface area contributed by atoms with Gasteiger partial charge < -0.3 is 14.2 Å². The van der Waals surface area contributed by atoms with E-state index in [1.165, 1.54) is 77.0 Å². The highest BCUT2D eigenvalue weighted by Crippen LogP contribution is 2.45. The molecule has 5 fully saturated rings. The van der Waals surface area contributed by atoms with Crippen molar-refractivity contribution < 1.29 is 14.2 Å². The molecule has 0 amide bonds. The van der Waals surface area contributed by atoms with Crippen molar-refractivity contribution in [3.05, 3.63) is 0 Å². The normalized spacial score (nSPS) is 53.2. The van der Waals surface area contributed by atoms with E-state index in [1.54, 1.807) is 0 Å². The van der Waals surface area contributed by atoms with Crippen molar-refractivity contribution in [1.29, 1.82) is 0 Å². The van der Waals surface area contributed by atoms with E-state index in [9.17, 15) is 0 Å². The quantitative estimate of drug-likeness (QED) is 0.714. The van der Waals surface area contributed by atoms with E-state index in [0.717, 1.165) is 11.8 Å². The predicted octanol–water partition coefficient (Wildman–Crippen LogP) is 4.23. The lowest BCUT2D eigenvalue weighted by Gasteiger charge is -2.36. The molecule has 0 aromatic carbocycles.